The molecular weight excluding hydrogens is 342 g/mol. The van der Waals surface area contributed by atoms with Gasteiger partial charge in [0.25, 0.3) is 5.91 Å². The maximum Gasteiger partial charge on any atom is 0.251 e. The van der Waals surface area contributed by atoms with Crippen molar-refractivity contribution in [3.8, 4) is 0 Å². The molecule has 0 atom stereocenters. The Morgan fingerprint density at radius 2 is 1.60 bits per heavy atom. The van der Waals surface area contributed by atoms with Crippen molar-refractivity contribution in [3.05, 3.63) is 29.8 Å². The summed E-state index contributed by atoms with van der Waals surface area (Å²) >= 11 is 0. The summed E-state index contributed by atoms with van der Waals surface area (Å²) in [4.78, 5) is 25.7. The van der Waals surface area contributed by atoms with Gasteiger partial charge < -0.3 is 10.2 Å². The third-order valence-corrected chi connectivity index (χ3v) is 5.54. The minimum atomic E-state index is -3.52. The number of carbonyl (C=O) groups is 2. The molecule has 0 aromatic heterocycles. The van der Waals surface area contributed by atoms with Crippen molar-refractivity contribution in [2.45, 2.75) is 38.1 Å². The molecule has 0 radical (unpaired) electrons. The van der Waals surface area contributed by atoms with E-state index in [4.69, 9.17) is 0 Å². The third kappa shape index (κ3) is 5.54. The third-order valence-electron chi connectivity index (χ3n) is 3.71. The lowest BCUT2D eigenvalue weighted by molar-refractivity contribution is -0.133. The quantitative estimate of drug-likeness (QED) is 0.819. The first-order chi connectivity index (χ1) is 11.4. The number of sulfonamides is 1. The van der Waals surface area contributed by atoms with Crippen molar-refractivity contribution < 1.29 is 18.0 Å². The normalized spacial score (nSPS) is 12.1. The molecule has 1 N–H and O–H groups in total. The number of benzene rings is 1. The molecule has 2 amide bonds. The average Bonchev–Trinajstić information content (AvgIpc) is 2.49. The number of hydrogen-bond donors (Lipinski definition) is 1. The van der Waals surface area contributed by atoms with E-state index in [1.165, 1.54) is 45.3 Å². The van der Waals surface area contributed by atoms with Crippen LogP contribution in [-0.2, 0) is 14.8 Å². The molecule has 0 heterocycles. The van der Waals surface area contributed by atoms with Crippen LogP contribution in [0.2, 0.25) is 0 Å². The predicted octanol–water partition coefficient (Wildman–Crippen LogP) is 1.31. The van der Waals surface area contributed by atoms with Crippen LogP contribution in [0.5, 0.6) is 0 Å². The summed E-state index contributed by atoms with van der Waals surface area (Å²) in [5.41, 5.74) is 0.0431. The molecular formula is C17H27N3O4S. The van der Waals surface area contributed by atoms with E-state index in [2.05, 4.69) is 5.32 Å². The summed E-state index contributed by atoms with van der Waals surface area (Å²) in [6.07, 6.45) is 0. The molecule has 0 saturated carbocycles. The van der Waals surface area contributed by atoms with E-state index in [0.29, 0.717) is 18.7 Å². The molecule has 25 heavy (non-hydrogen) atoms. The minimum Gasteiger partial charge on any atom is -0.350 e. The maximum atomic E-state index is 12.2. The van der Waals surface area contributed by atoms with Gasteiger partial charge in [-0.1, -0.05) is 0 Å². The van der Waals surface area contributed by atoms with Crippen LogP contribution in [0, 0.1) is 0 Å². The van der Waals surface area contributed by atoms with Gasteiger partial charge in [-0.25, -0.2) is 12.7 Å². The largest absolute Gasteiger partial charge is 0.350 e. The van der Waals surface area contributed by atoms with Crippen LogP contribution in [0.4, 0.5) is 0 Å². The molecule has 0 unspecified atom stereocenters. The van der Waals surface area contributed by atoms with Gasteiger partial charge in [0.15, 0.2) is 0 Å². The summed E-state index contributed by atoms with van der Waals surface area (Å²) in [6.45, 7) is 8.00. The number of hydrogen-bond acceptors (Lipinski definition) is 4. The second-order valence-electron chi connectivity index (χ2n) is 6.91. The lowest BCUT2D eigenvalue weighted by Gasteiger charge is -2.35. The molecule has 1 rings (SSSR count). The highest BCUT2D eigenvalue weighted by Crippen LogP contribution is 2.14. The SMILES string of the molecule is CC(=O)N(CCNC(=O)c1ccc(S(=O)(=O)N(C)C)cc1)C(C)(C)C. The first kappa shape index (κ1) is 21.1. The number of nitrogens with zero attached hydrogens (tertiary/aromatic N) is 2. The van der Waals surface area contributed by atoms with Crippen LogP contribution in [0.1, 0.15) is 38.1 Å². The zero-order valence-electron chi connectivity index (χ0n) is 15.7. The van der Waals surface area contributed by atoms with Crippen molar-refractivity contribution in [2.75, 3.05) is 27.2 Å². The minimum absolute atomic E-state index is 0.0556. The molecule has 1 aromatic rings. The van der Waals surface area contributed by atoms with Gasteiger partial charge >= 0.3 is 0 Å². The van der Waals surface area contributed by atoms with Gasteiger partial charge in [0.2, 0.25) is 15.9 Å². The molecule has 0 fully saturated rings. The van der Waals surface area contributed by atoms with Gasteiger partial charge in [-0.05, 0) is 45.0 Å². The topological polar surface area (TPSA) is 86.8 Å². The van der Waals surface area contributed by atoms with E-state index in [1.807, 2.05) is 20.8 Å². The predicted molar refractivity (Wildman–Crippen MR) is 96.8 cm³/mol. The monoisotopic (exact) mass is 369 g/mol. The van der Waals surface area contributed by atoms with Crippen LogP contribution in [0.15, 0.2) is 29.2 Å². The molecule has 0 spiro atoms. The summed E-state index contributed by atoms with van der Waals surface area (Å²) in [5, 5.41) is 2.74. The van der Waals surface area contributed by atoms with Gasteiger partial charge in [-0.2, -0.15) is 0 Å². The molecule has 7 nitrogen and oxygen atoms in total. The number of amides is 2. The Morgan fingerprint density at radius 1 is 1.08 bits per heavy atom. The fraction of sp³-hybridized carbons (Fsp3) is 0.529. The zero-order valence-corrected chi connectivity index (χ0v) is 16.5. The highest BCUT2D eigenvalue weighted by molar-refractivity contribution is 7.89. The molecule has 0 bridgehead atoms. The Labute approximate surface area is 150 Å². The molecule has 140 valence electrons. The van der Waals surface area contributed by atoms with Gasteiger partial charge in [0.05, 0.1) is 4.90 Å². The maximum absolute atomic E-state index is 12.2. The second-order valence-corrected chi connectivity index (χ2v) is 9.06. The smallest absolute Gasteiger partial charge is 0.251 e. The Morgan fingerprint density at radius 3 is 2.00 bits per heavy atom. The van der Waals surface area contributed by atoms with Crippen molar-refractivity contribution in [1.82, 2.24) is 14.5 Å². The van der Waals surface area contributed by atoms with Crippen molar-refractivity contribution in [1.29, 1.82) is 0 Å². The molecule has 0 saturated heterocycles. The lowest BCUT2D eigenvalue weighted by atomic mass is 10.1. The van der Waals surface area contributed by atoms with Crippen LogP contribution < -0.4 is 5.32 Å². The Hall–Kier alpha value is -1.93. The van der Waals surface area contributed by atoms with Gasteiger partial charge in [0, 0.05) is 45.2 Å². The van der Waals surface area contributed by atoms with E-state index >= 15 is 0 Å². The second kappa shape index (κ2) is 7.97. The number of rotatable bonds is 6. The summed E-state index contributed by atoms with van der Waals surface area (Å²) in [6, 6.07) is 5.75. The Kier molecular flexibility index (Phi) is 6.73. The van der Waals surface area contributed by atoms with Crippen molar-refractivity contribution in [3.63, 3.8) is 0 Å². The van der Waals surface area contributed by atoms with Crippen molar-refractivity contribution in [2.24, 2.45) is 0 Å². The fourth-order valence-electron chi connectivity index (χ4n) is 2.34. The number of nitrogens with one attached hydrogen (secondary N) is 1. The molecule has 0 aliphatic rings. The van der Waals surface area contributed by atoms with Gasteiger partial charge in [0.1, 0.15) is 0 Å². The van der Waals surface area contributed by atoms with Crippen LogP contribution >= 0.6 is 0 Å². The van der Waals surface area contributed by atoms with Crippen LogP contribution in [0.25, 0.3) is 0 Å². The average molecular weight is 369 g/mol. The highest BCUT2D eigenvalue weighted by atomic mass is 32.2. The summed E-state index contributed by atoms with van der Waals surface area (Å²) in [5.74, 6) is -0.369. The zero-order chi connectivity index (χ0) is 19.4. The molecule has 0 aliphatic heterocycles. The van der Waals surface area contributed by atoms with Crippen LogP contribution in [0.3, 0.4) is 0 Å². The molecule has 8 heteroatoms. The van der Waals surface area contributed by atoms with E-state index < -0.39 is 10.0 Å². The van der Waals surface area contributed by atoms with Crippen molar-refractivity contribution >= 4 is 21.8 Å². The van der Waals surface area contributed by atoms with Gasteiger partial charge in [-0.3, -0.25) is 9.59 Å². The Balaban J connectivity index is 2.72. The summed E-state index contributed by atoms with van der Waals surface area (Å²) in [7, 11) is -0.615. The van der Waals surface area contributed by atoms with Gasteiger partial charge in [-0.15, -0.1) is 0 Å². The van der Waals surface area contributed by atoms with E-state index in [9.17, 15) is 18.0 Å². The summed E-state index contributed by atoms with van der Waals surface area (Å²) < 4.78 is 25.1. The highest BCUT2D eigenvalue weighted by Gasteiger charge is 2.23. The first-order valence-electron chi connectivity index (χ1n) is 7.96. The number of carbonyl (C=O) groups excluding carboxylic acids is 2. The molecule has 1 aromatic carbocycles. The Bertz CT molecular complexity index is 719. The standard InChI is InChI=1S/C17H27N3O4S/c1-13(21)20(17(2,3)4)12-11-18-16(22)14-7-9-15(10-8-14)25(23,24)19(5)6/h7-10H,11-12H2,1-6H3,(H,18,22). The fourth-order valence-corrected chi connectivity index (χ4v) is 3.24. The van der Waals surface area contributed by atoms with Crippen LogP contribution in [-0.4, -0.2) is 62.2 Å². The lowest BCUT2D eigenvalue weighted by Crippen LogP contribution is -2.48. The van der Waals surface area contributed by atoms with E-state index in [1.54, 1.807) is 4.90 Å². The van der Waals surface area contributed by atoms with E-state index in [0.717, 1.165) is 4.31 Å². The van der Waals surface area contributed by atoms with E-state index in [-0.39, 0.29) is 22.2 Å². The first-order valence-corrected chi connectivity index (χ1v) is 9.40. The molecule has 0 aliphatic carbocycles.